The molecule has 6 heteroatoms. The number of carboxylic acids is 1. The van der Waals surface area contributed by atoms with Gasteiger partial charge < -0.3 is 15.6 Å². The summed E-state index contributed by atoms with van der Waals surface area (Å²) in [7, 11) is 0. The molecule has 1 atom stereocenters. The van der Waals surface area contributed by atoms with Crippen LogP contribution in [0.25, 0.3) is 0 Å². The van der Waals surface area contributed by atoms with Gasteiger partial charge in [0.1, 0.15) is 17.2 Å². The zero-order valence-electron chi connectivity index (χ0n) is 7.12. The van der Waals surface area contributed by atoms with Crippen molar-refractivity contribution in [2.45, 2.75) is 12.5 Å². The van der Waals surface area contributed by atoms with E-state index < -0.39 is 5.97 Å². The average Bonchev–Trinajstić information content (AvgIpc) is 2.43. The molecule has 76 valence electrons. The molecule has 4 nitrogen and oxygen atoms in total. The molecule has 0 aliphatic carbocycles. The second-order valence-electron chi connectivity index (χ2n) is 3.08. The van der Waals surface area contributed by atoms with Crippen LogP contribution in [0.2, 0.25) is 0 Å². The molecule has 1 aliphatic rings. The van der Waals surface area contributed by atoms with Crippen molar-refractivity contribution in [3.63, 3.8) is 0 Å². The first-order valence-corrected chi connectivity index (χ1v) is 5.92. The van der Waals surface area contributed by atoms with Gasteiger partial charge in [0.25, 0.3) is 0 Å². The maximum atomic E-state index is 10.8. The second kappa shape index (κ2) is 3.67. The quantitative estimate of drug-likeness (QED) is 0.764. The highest BCUT2D eigenvalue weighted by molar-refractivity contribution is 14.1. The molecule has 1 unspecified atom stereocenters. The minimum absolute atomic E-state index is 0.0152. The maximum absolute atomic E-state index is 10.8. The minimum atomic E-state index is -0.897. The van der Waals surface area contributed by atoms with Crippen LogP contribution in [0.3, 0.4) is 0 Å². The Labute approximate surface area is 98.2 Å². The van der Waals surface area contributed by atoms with E-state index >= 15 is 0 Å². The van der Waals surface area contributed by atoms with Crippen LogP contribution < -0.4 is 10.5 Å². The lowest BCUT2D eigenvalue weighted by Gasteiger charge is -2.19. The molecule has 2 rings (SSSR count). The Balaban J connectivity index is 2.45. The number of nitrogens with two attached hydrogens (primary N) is 1. The molecule has 3 N–H and O–H groups in total. The highest BCUT2D eigenvalue weighted by atomic mass is 127. The fraction of sp³-hybridized carbons (Fsp3) is 0.375. The van der Waals surface area contributed by atoms with Crippen LogP contribution in [0.5, 0.6) is 5.75 Å². The van der Waals surface area contributed by atoms with E-state index in [0.29, 0.717) is 21.5 Å². The molecule has 0 bridgehead atoms. The number of carboxylic acid groups (broad SMARTS) is 1. The summed E-state index contributed by atoms with van der Waals surface area (Å²) in [4.78, 5) is 12.1. The predicted octanol–water partition coefficient (Wildman–Crippen LogP) is 1.31. The Bertz CT molecular complexity index is 390. The molecule has 1 aromatic heterocycles. The normalized spacial score (nSPS) is 20.0. The third-order valence-electron chi connectivity index (χ3n) is 1.96. The van der Waals surface area contributed by atoms with E-state index in [9.17, 15) is 4.79 Å². The molecule has 1 aromatic rings. The molecule has 0 radical (unpaired) electrons. The van der Waals surface area contributed by atoms with Crippen molar-refractivity contribution in [3.05, 3.63) is 13.3 Å². The number of fused-ring (bicyclic) bond motifs is 1. The van der Waals surface area contributed by atoms with Crippen LogP contribution in [0, 0.1) is 3.57 Å². The van der Waals surface area contributed by atoms with Gasteiger partial charge >= 0.3 is 5.97 Å². The summed E-state index contributed by atoms with van der Waals surface area (Å²) in [6, 6.07) is -0.0152. The Morgan fingerprint density at radius 2 is 2.43 bits per heavy atom. The van der Waals surface area contributed by atoms with Crippen molar-refractivity contribution in [1.29, 1.82) is 0 Å². The zero-order valence-corrected chi connectivity index (χ0v) is 10.1. The van der Waals surface area contributed by atoms with Crippen LogP contribution in [-0.4, -0.2) is 23.7 Å². The number of hydrogen-bond acceptors (Lipinski definition) is 4. The third-order valence-corrected chi connectivity index (χ3v) is 4.54. The average molecular weight is 325 g/mol. The summed E-state index contributed by atoms with van der Waals surface area (Å²) in [5, 5.41) is 8.90. The lowest BCUT2D eigenvalue weighted by Crippen LogP contribution is -2.33. The topological polar surface area (TPSA) is 72.5 Å². The molecule has 0 spiro atoms. The Morgan fingerprint density at radius 1 is 1.71 bits per heavy atom. The van der Waals surface area contributed by atoms with Crippen molar-refractivity contribution in [2.24, 2.45) is 5.73 Å². The first kappa shape index (κ1) is 10.2. The van der Waals surface area contributed by atoms with Crippen molar-refractivity contribution >= 4 is 39.9 Å². The van der Waals surface area contributed by atoms with E-state index in [4.69, 9.17) is 15.6 Å². The number of ether oxygens (including phenoxy) is 1. The van der Waals surface area contributed by atoms with Crippen molar-refractivity contribution in [1.82, 2.24) is 0 Å². The lowest BCUT2D eigenvalue weighted by atomic mass is 10.1. The van der Waals surface area contributed by atoms with Crippen LogP contribution in [0.15, 0.2) is 0 Å². The van der Waals surface area contributed by atoms with Gasteiger partial charge in [-0.25, -0.2) is 4.79 Å². The summed E-state index contributed by atoms with van der Waals surface area (Å²) in [5.41, 5.74) is 5.72. The third kappa shape index (κ3) is 1.61. The van der Waals surface area contributed by atoms with Crippen molar-refractivity contribution in [3.8, 4) is 5.75 Å². The van der Waals surface area contributed by atoms with Gasteiger partial charge in [-0.2, -0.15) is 0 Å². The van der Waals surface area contributed by atoms with E-state index in [1.165, 1.54) is 11.3 Å². The van der Waals surface area contributed by atoms with Gasteiger partial charge in [-0.05, 0) is 22.6 Å². The van der Waals surface area contributed by atoms with Crippen LogP contribution >= 0.6 is 33.9 Å². The molecule has 1 aliphatic heterocycles. The minimum Gasteiger partial charge on any atom is -0.490 e. The number of hydrogen-bond donors (Lipinski definition) is 2. The predicted molar refractivity (Wildman–Crippen MR) is 61.2 cm³/mol. The van der Waals surface area contributed by atoms with Crippen molar-refractivity contribution in [2.75, 3.05) is 6.61 Å². The van der Waals surface area contributed by atoms with Crippen LogP contribution in [0.1, 0.15) is 14.5 Å². The van der Waals surface area contributed by atoms with Gasteiger partial charge in [0.15, 0.2) is 0 Å². The van der Waals surface area contributed by atoms with E-state index in [0.717, 1.165) is 10.6 Å². The number of aromatic carboxylic acids is 1. The van der Waals surface area contributed by atoms with E-state index in [1.54, 1.807) is 0 Å². The maximum Gasteiger partial charge on any atom is 0.347 e. The van der Waals surface area contributed by atoms with Crippen molar-refractivity contribution < 1.29 is 14.6 Å². The fourth-order valence-corrected chi connectivity index (χ4v) is 3.64. The largest absolute Gasteiger partial charge is 0.490 e. The smallest absolute Gasteiger partial charge is 0.347 e. The van der Waals surface area contributed by atoms with Gasteiger partial charge in [-0.3, -0.25) is 0 Å². The second-order valence-corrected chi connectivity index (χ2v) is 5.26. The van der Waals surface area contributed by atoms with E-state index in [1.807, 2.05) is 22.6 Å². The summed E-state index contributed by atoms with van der Waals surface area (Å²) >= 11 is 3.27. The highest BCUT2D eigenvalue weighted by Crippen LogP contribution is 2.39. The molecule has 0 saturated carbocycles. The molecule has 0 saturated heterocycles. The number of halogens is 1. The fourth-order valence-electron chi connectivity index (χ4n) is 1.34. The van der Waals surface area contributed by atoms with Crippen LogP contribution in [0.4, 0.5) is 0 Å². The Morgan fingerprint density at radius 3 is 3.07 bits per heavy atom. The summed E-state index contributed by atoms with van der Waals surface area (Å²) < 4.78 is 6.11. The molecule has 0 amide bonds. The first-order chi connectivity index (χ1) is 6.59. The lowest BCUT2D eigenvalue weighted by molar-refractivity contribution is 0.0700. The van der Waals surface area contributed by atoms with Gasteiger partial charge in [-0.15, -0.1) is 11.3 Å². The Kier molecular flexibility index (Phi) is 2.67. The Hall–Kier alpha value is -0.340. The number of thiophene rings is 1. The molecular weight excluding hydrogens is 317 g/mol. The summed E-state index contributed by atoms with van der Waals surface area (Å²) in [6.07, 6.45) is 0.712. The number of rotatable bonds is 1. The zero-order chi connectivity index (χ0) is 10.3. The standard InChI is InChI=1S/C8H8INO3S/c9-5-6-4(1-3(10)2-13-6)14-7(5)8(11)12/h3H,1-2,10H2,(H,11,12). The molecule has 2 heterocycles. The van der Waals surface area contributed by atoms with Gasteiger partial charge in [0.2, 0.25) is 0 Å². The first-order valence-electron chi connectivity index (χ1n) is 4.02. The SMILES string of the molecule is NC1COc2c(sc(C(=O)O)c2I)C1. The highest BCUT2D eigenvalue weighted by Gasteiger charge is 2.26. The summed E-state index contributed by atoms with van der Waals surface area (Å²) in [6.45, 7) is 0.471. The molecule has 14 heavy (non-hydrogen) atoms. The molecule has 0 aromatic carbocycles. The van der Waals surface area contributed by atoms with Gasteiger partial charge in [0.05, 0.1) is 8.45 Å². The molecular formula is C8H8INO3S. The monoisotopic (exact) mass is 325 g/mol. The summed E-state index contributed by atoms with van der Waals surface area (Å²) in [5.74, 6) is -0.180. The van der Waals surface area contributed by atoms with Gasteiger partial charge in [-0.1, -0.05) is 0 Å². The molecule has 0 fully saturated rings. The number of carbonyl (C=O) groups is 1. The van der Waals surface area contributed by atoms with Crippen LogP contribution in [-0.2, 0) is 6.42 Å². The van der Waals surface area contributed by atoms with E-state index in [-0.39, 0.29) is 6.04 Å². The van der Waals surface area contributed by atoms with E-state index in [2.05, 4.69) is 0 Å². The van der Waals surface area contributed by atoms with Gasteiger partial charge in [0, 0.05) is 12.5 Å².